The van der Waals surface area contributed by atoms with Gasteiger partial charge in [0, 0.05) is 37.0 Å². The first-order chi connectivity index (χ1) is 11.2. The van der Waals surface area contributed by atoms with Crippen LogP contribution in [0.5, 0.6) is 0 Å². The van der Waals surface area contributed by atoms with Crippen LogP contribution in [0.3, 0.4) is 0 Å². The predicted molar refractivity (Wildman–Crippen MR) is 107 cm³/mol. The number of nitrogens with zero attached hydrogens (tertiary/aromatic N) is 1. The molecule has 0 aromatic carbocycles. The van der Waals surface area contributed by atoms with Crippen molar-refractivity contribution in [3.05, 3.63) is 0 Å². The summed E-state index contributed by atoms with van der Waals surface area (Å²) in [5, 5.41) is 3.31. The summed E-state index contributed by atoms with van der Waals surface area (Å²) in [5.41, 5.74) is 6.46. The number of rotatable bonds is 4. The second-order valence-electron chi connectivity index (χ2n) is 7.78. The van der Waals surface area contributed by atoms with E-state index in [-0.39, 0.29) is 48.2 Å². The van der Waals surface area contributed by atoms with Crippen molar-refractivity contribution in [2.24, 2.45) is 23.5 Å². The SMILES string of the molecule is Cl.Cl.NC1C2CCC(C2)C1C(=O)NCC1(N2CCOCC2)CCSC1. The number of hydrogen-bond acceptors (Lipinski definition) is 5. The van der Waals surface area contributed by atoms with Crippen LogP contribution in [0.25, 0.3) is 0 Å². The number of morpholine rings is 1. The van der Waals surface area contributed by atoms with Crippen molar-refractivity contribution in [3.63, 3.8) is 0 Å². The van der Waals surface area contributed by atoms with Gasteiger partial charge in [-0.05, 0) is 43.3 Å². The topological polar surface area (TPSA) is 67.6 Å². The maximum atomic E-state index is 12.8. The molecule has 2 aliphatic carbocycles. The lowest BCUT2D eigenvalue weighted by Crippen LogP contribution is -2.60. The number of thioether (sulfide) groups is 1. The molecule has 4 aliphatic rings. The van der Waals surface area contributed by atoms with E-state index in [0.717, 1.165) is 38.6 Å². The minimum absolute atomic E-state index is 0. The molecule has 4 rings (SSSR count). The van der Waals surface area contributed by atoms with E-state index in [2.05, 4.69) is 10.2 Å². The number of halogens is 2. The minimum atomic E-state index is 0. The first kappa shape index (κ1) is 21.6. The van der Waals surface area contributed by atoms with Crippen LogP contribution >= 0.6 is 36.6 Å². The highest BCUT2D eigenvalue weighted by Gasteiger charge is 2.49. The molecule has 2 heterocycles. The van der Waals surface area contributed by atoms with Crippen LogP contribution in [0.1, 0.15) is 25.7 Å². The third-order valence-electron chi connectivity index (χ3n) is 6.64. The van der Waals surface area contributed by atoms with Gasteiger partial charge in [-0.25, -0.2) is 0 Å². The zero-order valence-electron chi connectivity index (χ0n) is 14.7. The van der Waals surface area contributed by atoms with Gasteiger partial charge in [-0.3, -0.25) is 9.69 Å². The fraction of sp³-hybridized carbons (Fsp3) is 0.941. The molecule has 146 valence electrons. The van der Waals surface area contributed by atoms with Crippen molar-refractivity contribution >= 4 is 42.5 Å². The van der Waals surface area contributed by atoms with Crippen LogP contribution < -0.4 is 11.1 Å². The molecule has 0 aromatic heterocycles. The number of hydrogen-bond donors (Lipinski definition) is 2. The molecular weight excluding hydrogens is 381 g/mol. The molecule has 5 unspecified atom stereocenters. The fourth-order valence-electron chi connectivity index (χ4n) is 5.23. The van der Waals surface area contributed by atoms with Crippen LogP contribution in [0.15, 0.2) is 0 Å². The van der Waals surface area contributed by atoms with Crippen molar-refractivity contribution in [3.8, 4) is 0 Å². The van der Waals surface area contributed by atoms with Gasteiger partial charge in [0.05, 0.1) is 19.1 Å². The molecule has 5 atom stereocenters. The summed E-state index contributed by atoms with van der Waals surface area (Å²) in [7, 11) is 0. The Morgan fingerprint density at radius 3 is 2.56 bits per heavy atom. The predicted octanol–water partition coefficient (Wildman–Crippen LogP) is 1.53. The summed E-state index contributed by atoms with van der Waals surface area (Å²) in [6.45, 7) is 4.39. The summed E-state index contributed by atoms with van der Waals surface area (Å²) < 4.78 is 5.51. The van der Waals surface area contributed by atoms with Crippen molar-refractivity contribution < 1.29 is 9.53 Å². The van der Waals surface area contributed by atoms with Gasteiger partial charge in [0.1, 0.15) is 0 Å². The number of nitrogens with two attached hydrogens (primary N) is 1. The van der Waals surface area contributed by atoms with Gasteiger partial charge in [0.25, 0.3) is 0 Å². The zero-order chi connectivity index (χ0) is 15.9. The Morgan fingerprint density at radius 1 is 1.24 bits per heavy atom. The molecule has 1 amide bonds. The van der Waals surface area contributed by atoms with Gasteiger partial charge in [-0.15, -0.1) is 24.8 Å². The van der Waals surface area contributed by atoms with Crippen LogP contribution in [0, 0.1) is 17.8 Å². The molecule has 0 radical (unpaired) electrons. The van der Waals surface area contributed by atoms with Crippen molar-refractivity contribution in [2.75, 3.05) is 44.4 Å². The average Bonchev–Trinajstić information content (AvgIpc) is 3.30. The van der Waals surface area contributed by atoms with E-state index < -0.39 is 0 Å². The zero-order valence-corrected chi connectivity index (χ0v) is 17.1. The third kappa shape index (κ3) is 4.09. The quantitative estimate of drug-likeness (QED) is 0.733. The van der Waals surface area contributed by atoms with Crippen LogP contribution in [0.2, 0.25) is 0 Å². The van der Waals surface area contributed by atoms with Gasteiger partial charge in [0.2, 0.25) is 5.91 Å². The van der Waals surface area contributed by atoms with E-state index >= 15 is 0 Å². The Balaban J connectivity index is 0.00000113. The molecule has 4 fully saturated rings. The highest BCUT2D eigenvalue weighted by molar-refractivity contribution is 7.99. The lowest BCUT2D eigenvalue weighted by atomic mass is 9.84. The molecule has 2 aliphatic heterocycles. The molecule has 5 nitrogen and oxygen atoms in total. The molecule has 25 heavy (non-hydrogen) atoms. The minimum Gasteiger partial charge on any atom is -0.379 e. The van der Waals surface area contributed by atoms with Crippen LogP contribution in [0.4, 0.5) is 0 Å². The van der Waals surface area contributed by atoms with Gasteiger partial charge in [-0.1, -0.05) is 0 Å². The number of carbonyl (C=O) groups is 1. The van der Waals surface area contributed by atoms with Crippen molar-refractivity contribution in [2.45, 2.75) is 37.3 Å². The maximum Gasteiger partial charge on any atom is 0.225 e. The van der Waals surface area contributed by atoms with Crippen molar-refractivity contribution in [1.29, 1.82) is 0 Å². The first-order valence-electron chi connectivity index (χ1n) is 9.13. The Bertz CT molecular complexity index is 457. The normalized spacial score (nSPS) is 40.4. The van der Waals surface area contributed by atoms with E-state index in [4.69, 9.17) is 10.5 Å². The maximum absolute atomic E-state index is 12.8. The Labute approximate surface area is 167 Å². The van der Waals surface area contributed by atoms with Gasteiger partial charge in [-0.2, -0.15) is 11.8 Å². The molecule has 2 saturated heterocycles. The Hall–Kier alpha value is 0.280. The van der Waals surface area contributed by atoms with Crippen LogP contribution in [-0.2, 0) is 9.53 Å². The number of carbonyl (C=O) groups excluding carboxylic acids is 1. The lowest BCUT2D eigenvalue weighted by molar-refractivity contribution is -0.127. The summed E-state index contributed by atoms with van der Waals surface area (Å²) in [4.78, 5) is 15.3. The third-order valence-corrected chi connectivity index (χ3v) is 7.87. The van der Waals surface area contributed by atoms with Crippen LogP contribution in [-0.4, -0.2) is 66.7 Å². The molecule has 2 bridgehead atoms. The molecule has 8 heteroatoms. The van der Waals surface area contributed by atoms with E-state index in [1.165, 1.54) is 31.4 Å². The van der Waals surface area contributed by atoms with Gasteiger partial charge >= 0.3 is 0 Å². The van der Waals surface area contributed by atoms with E-state index in [0.29, 0.717) is 11.8 Å². The molecular formula is C17H31Cl2N3O2S. The largest absolute Gasteiger partial charge is 0.379 e. The second-order valence-corrected chi connectivity index (χ2v) is 8.89. The highest BCUT2D eigenvalue weighted by Crippen LogP contribution is 2.47. The molecule has 2 saturated carbocycles. The smallest absolute Gasteiger partial charge is 0.225 e. The Kier molecular flexibility index (Phi) is 7.75. The number of ether oxygens (including phenoxy) is 1. The second kappa shape index (κ2) is 8.98. The van der Waals surface area contributed by atoms with E-state index in [1.54, 1.807) is 0 Å². The van der Waals surface area contributed by atoms with Gasteiger partial charge < -0.3 is 15.8 Å². The fourth-order valence-corrected chi connectivity index (χ4v) is 6.71. The lowest BCUT2D eigenvalue weighted by Gasteiger charge is -2.43. The number of nitrogens with one attached hydrogen (secondary N) is 1. The summed E-state index contributed by atoms with van der Waals surface area (Å²) in [5.74, 6) is 3.72. The highest BCUT2D eigenvalue weighted by atomic mass is 35.5. The van der Waals surface area contributed by atoms with E-state index in [1.807, 2.05) is 11.8 Å². The molecule has 3 N–H and O–H groups in total. The first-order valence-corrected chi connectivity index (χ1v) is 10.3. The van der Waals surface area contributed by atoms with Crippen molar-refractivity contribution in [1.82, 2.24) is 10.2 Å². The number of fused-ring (bicyclic) bond motifs is 2. The Morgan fingerprint density at radius 2 is 1.96 bits per heavy atom. The number of amides is 1. The standard InChI is InChI=1S/C17H29N3O2S.2ClH/c18-15-13-2-1-12(9-13)14(15)16(21)19-10-17(3-8-23-11-17)20-4-6-22-7-5-20;;/h12-15H,1-11,18H2,(H,19,21);2*1H. The molecule has 0 spiro atoms. The molecule has 0 aromatic rings. The van der Waals surface area contributed by atoms with E-state index in [9.17, 15) is 4.79 Å². The summed E-state index contributed by atoms with van der Waals surface area (Å²) in [6.07, 6.45) is 4.76. The average molecular weight is 412 g/mol. The summed E-state index contributed by atoms with van der Waals surface area (Å²) >= 11 is 2.01. The van der Waals surface area contributed by atoms with Gasteiger partial charge in [0.15, 0.2) is 0 Å². The summed E-state index contributed by atoms with van der Waals surface area (Å²) in [6, 6.07) is 0.0889. The monoisotopic (exact) mass is 411 g/mol.